The number of methoxy groups -OCH3 is 1. The summed E-state index contributed by atoms with van der Waals surface area (Å²) in [4.78, 5) is 25.9. The Bertz CT molecular complexity index is 653. The van der Waals surface area contributed by atoms with Gasteiger partial charge in [0.15, 0.2) is 0 Å². The highest BCUT2D eigenvalue weighted by Gasteiger charge is 2.46. The predicted octanol–water partition coefficient (Wildman–Crippen LogP) is 1.92. The van der Waals surface area contributed by atoms with Gasteiger partial charge < -0.3 is 20.3 Å². The third-order valence-electron chi connectivity index (χ3n) is 5.12. The Kier molecular flexibility index (Phi) is 6.61. The minimum Gasteiger partial charge on any atom is -0.465 e. The van der Waals surface area contributed by atoms with E-state index >= 15 is 0 Å². The fourth-order valence-electron chi connectivity index (χ4n) is 3.37. The van der Waals surface area contributed by atoms with Gasteiger partial charge in [0.2, 0.25) is 5.91 Å². The van der Waals surface area contributed by atoms with E-state index < -0.39 is 11.5 Å². The molecule has 1 amide bonds. The minimum atomic E-state index is -1.03. The first-order chi connectivity index (χ1) is 12.5. The lowest BCUT2D eigenvalue weighted by atomic mass is 9.97. The molecule has 1 aliphatic heterocycles. The molecule has 26 heavy (non-hydrogen) atoms. The molecule has 0 aromatic heterocycles. The Morgan fingerprint density at radius 2 is 1.96 bits per heavy atom. The van der Waals surface area contributed by atoms with Crippen molar-refractivity contribution in [2.45, 2.75) is 51.1 Å². The Labute approximate surface area is 154 Å². The summed E-state index contributed by atoms with van der Waals surface area (Å²) in [7, 11) is 1.32. The summed E-state index contributed by atoms with van der Waals surface area (Å²) in [5, 5.41) is 23.1. The van der Waals surface area contributed by atoms with Crippen molar-refractivity contribution in [2.24, 2.45) is 0 Å². The van der Waals surface area contributed by atoms with Crippen LogP contribution in [0.3, 0.4) is 0 Å². The molecule has 0 aliphatic carbocycles. The zero-order valence-electron chi connectivity index (χ0n) is 15.6. The van der Waals surface area contributed by atoms with Gasteiger partial charge in [-0.25, -0.2) is 4.79 Å². The molecule has 1 aromatic carbocycles. The van der Waals surface area contributed by atoms with Crippen LogP contribution in [0.1, 0.15) is 49.9 Å². The number of aliphatic hydroxyl groups is 2. The number of esters is 1. The van der Waals surface area contributed by atoms with Gasteiger partial charge in [0.1, 0.15) is 0 Å². The minimum absolute atomic E-state index is 0.161. The fraction of sp³-hybridized carbons (Fsp3) is 0.579. The molecule has 1 heterocycles. The van der Waals surface area contributed by atoms with E-state index in [1.165, 1.54) is 12.0 Å². The van der Waals surface area contributed by atoms with Crippen LogP contribution in [0.2, 0.25) is 0 Å². The molecule has 0 radical (unpaired) electrons. The molecule has 1 saturated heterocycles. The third kappa shape index (κ3) is 3.68. The van der Waals surface area contributed by atoms with Crippen molar-refractivity contribution in [3.63, 3.8) is 0 Å². The van der Waals surface area contributed by atoms with Crippen molar-refractivity contribution in [3.05, 3.63) is 23.8 Å². The smallest absolute Gasteiger partial charge is 0.337 e. The van der Waals surface area contributed by atoms with E-state index in [4.69, 9.17) is 4.74 Å². The molecule has 7 nitrogen and oxygen atoms in total. The largest absolute Gasteiger partial charge is 0.465 e. The van der Waals surface area contributed by atoms with Gasteiger partial charge in [0, 0.05) is 12.5 Å². The second-order valence-corrected chi connectivity index (χ2v) is 6.65. The molecule has 144 valence electrons. The van der Waals surface area contributed by atoms with Crippen LogP contribution >= 0.6 is 0 Å². The Morgan fingerprint density at radius 1 is 1.31 bits per heavy atom. The highest BCUT2D eigenvalue weighted by molar-refractivity contribution is 6.02. The lowest BCUT2D eigenvalue weighted by Gasteiger charge is -2.37. The van der Waals surface area contributed by atoms with Gasteiger partial charge in [-0.3, -0.25) is 9.69 Å². The molecule has 0 atom stereocenters. The number of ether oxygens (including phenoxy) is 1. The molecule has 0 saturated carbocycles. The number of carbonyl (C=O) groups is 2. The van der Waals surface area contributed by atoms with Crippen LogP contribution in [0, 0.1) is 0 Å². The number of rotatable bonds is 8. The van der Waals surface area contributed by atoms with Gasteiger partial charge in [-0.1, -0.05) is 13.8 Å². The number of carbonyl (C=O) groups excluding carboxylic acids is 2. The van der Waals surface area contributed by atoms with E-state index in [-0.39, 0.29) is 31.6 Å². The van der Waals surface area contributed by atoms with Crippen molar-refractivity contribution in [1.82, 2.24) is 0 Å². The summed E-state index contributed by atoms with van der Waals surface area (Å²) in [6.07, 6.45) is 2.38. The maximum atomic E-state index is 12.5. The van der Waals surface area contributed by atoms with E-state index in [9.17, 15) is 19.8 Å². The second-order valence-electron chi connectivity index (χ2n) is 6.65. The van der Waals surface area contributed by atoms with Gasteiger partial charge in [-0.2, -0.15) is 0 Å². The first-order valence-electron chi connectivity index (χ1n) is 9.00. The van der Waals surface area contributed by atoms with Crippen LogP contribution in [0.25, 0.3) is 0 Å². The molecular formula is C19H28N2O5. The highest BCUT2D eigenvalue weighted by Crippen LogP contribution is 2.39. The summed E-state index contributed by atoms with van der Waals surface area (Å²) < 4.78 is 4.79. The topological polar surface area (TPSA) is 99.1 Å². The zero-order valence-corrected chi connectivity index (χ0v) is 15.6. The van der Waals surface area contributed by atoms with Gasteiger partial charge in [-0.05, 0) is 37.5 Å². The van der Waals surface area contributed by atoms with Crippen LogP contribution in [0.15, 0.2) is 18.2 Å². The van der Waals surface area contributed by atoms with Crippen molar-refractivity contribution in [3.8, 4) is 0 Å². The average Bonchev–Trinajstić information content (AvgIpc) is 3.01. The molecular weight excluding hydrogens is 336 g/mol. The molecule has 0 spiro atoms. The zero-order chi connectivity index (χ0) is 19.3. The lowest BCUT2D eigenvalue weighted by Crippen LogP contribution is -2.52. The van der Waals surface area contributed by atoms with Gasteiger partial charge in [-0.15, -0.1) is 0 Å². The standard InChI is InChI=1S/C19H28N2O5/c1-4-14(5-2)20-15-10-13(18(25)26-3)6-7-16(15)21-17(24)8-9-19(21,11-22)12-23/h6-7,10,14,20,22-23H,4-5,8-9,11-12H2,1-3H3. The highest BCUT2D eigenvalue weighted by atomic mass is 16.5. The third-order valence-corrected chi connectivity index (χ3v) is 5.12. The second kappa shape index (κ2) is 8.51. The van der Waals surface area contributed by atoms with Crippen molar-refractivity contribution in [2.75, 3.05) is 30.5 Å². The van der Waals surface area contributed by atoms with E-state index in [0.717, 1.165) is 12.8 Å². The van der Waals surface area contributed by atoms with Crippen molar-refractivity contribution < 1.29 is 24.5 Å². The summed E-state index contributed by atoms with van der Waals surface area (Å²) in [6.45, 7) is 3.44. The SMILES string of the molecule is CCC(CC)Nc1cc(C(=O)OC)ccc1N1C(=O)CCC1(CO)CO. The first-order valence-corrected chi connectivity index (χ1v) is 9.00. The maximum Gasteiger partial charge on any atom is 0.337 e. The number of amides is 1. The van der Waals surface area contributed by atoms with Gasteiger partial charge in [0.05, 0.1) is 42.8 Å². The van der Waals surface area contributed by atoms with Crippen LogP contribution < -0.4 is 10.2 Å². The Hall–Kier alpha value is -2.12. The van der Waals surface area contributed by atoms with Crippen LogP contribution in [-0.2, 0) is 9.53 Å². The number of anilines is 2. The lowest BCUT2D eigenvalue weighted by molar-refractivity contribution is -0.117. The quantitative estimate of drug-likeness (QED) is 0.610. The number of hydrogen-bond donors (Lipinski definition) is 3. The molecule has 1 aromatic rings. The summed E-state index contributed by atoms with van der Waals surface area (Å²) >= 11 is 0. The number of benzene rings is 1. The number of nitrogens with zero attached hydrogens (tertiary/aromatic N) is 1. The molecule has 7 heteroatoms. The average molecular weight is 364 g/mol. The van der Waals surface area contributed by atoms with Crippen LogP contribution in [-0.4, -0.2) is 54.0 Å². The van der Waals surface area contributed by atoms with E-state index in [2.05, 4.69) is 19.2 Å². The molecule has 1 fully saturated rings. The van der Waals surface area contributed by atoms with Crippen LogP contribution in [0.5, 0.6) is 0 Å². The van der Waals surface area contributed by atoms with E-state index in [1.807, 2.05) is 0 Å². The summed E-state index contributed by atoms with van der Waals surface area (Å²) in [6, 6.07) is 5.08. The number of aliphatic hydroxyl groups excluding tert-OH is 2. The molecule has 0 bridgehead atoms. The number of hydrogen-bond acceptors (Lipinski definition) is 6. The van der Waals surface area contributed by atoms with Crippen LogP contribution in [0.4, 0.5) is 11.4 Å². The summed E-state index contributed by atoms with van der Waals surface area (Å²) in [5.41, 5.74) is 0.502. The molecule has 2 rings (SSSR count). The molecule has 0 unspecified atom stereocenters. The van der Waals surface area contributed by atoms with Crippen molar-refractivity contribution in [1.29, 1.82) is 0 Å². The maximum absolute atomic E-state index is 12.5. The van der Waals surface area contributed by atoms with E-state index in [1.54, 1.807) is 18.2 Å². The fourth-order valence-corrected chi connectivity index (χ4v) is 3.37. The van der Waals surface area contributed by atoms with Crippen molar-refractivity contribution >= 4 is 23.3 Å². The normalized spacial score (nSPS) is 16.2. The monoisotopic (exact) mass is 364 g/mol. The molecule has 3 N–H and O–H groups in total. The first kappa shape index (κ1) is 20.2. The predicted molar refractivity (Wildman–Crippen MR) is 99.4 cm³/mol. The molecule has 1 aliphatic rings. The van der Waals surface area contributed by atoms with E-state index in [0.29, 0.717) is 23.4 Å². The summed E-state index contributed by atoms with van der Waals surface area (Å²) in [5.74, 6) is -0.626. The van der Waals surface area contributed by atoms with Gasteiger partial charge >= 0.3 is 5.97 Å². The number of nitrogens with one attached hydrogen (secondary N) is 1. The van der Waals surface area contributed by atoms with Gasteiger partial charge in [0.25, 0.3) is 0 Å². The Balaban J connectivity index is 2.55. The Morgan fingerprint density at radius 3 is 2.50 bits per heavy atom.